The topological polar surface area (TPSA) is 38.0 Å². The number of rotatable bonds is 5. The lowest BCUT2D eigenvalue weighted by Crippen LogP contribution is -2.36. The minimum atomic E-state index is 0.425. The molecule has 0 bridgehead atoms. The van der Waals surface area contributed by atoms with E-state index in [4.69, 9.17) is 5.73 Å². The summed E-state index contributed by atoms with van der Waals surface area (Å²) >= 11 is 0. The molecule has 2 heteroatoms. The van der Waals surface area contributed by atoms with Gasteiger partial charge in [-0.05, 0) is 44.6 Å². The molecule has 1 aromatic carbocycles. The van der Waals surface area contributed by atoms with E-state index in [1.54, 1.807) is 0 Å². The van der Waals surface area contributed by atoms with E-state index < -0.39 is 0 Å². The maximum Gasteiger partial charge on any atom is 0.00848 e. The lowest BCUT2D eigenvalue weighted by atomic mass is 10.1. The van der Waals surface area contributed by atoms with Gasteiger partial charge >= 0.3 is 0 Å². The zero-order chi connectivity index (χ0) is 12.1. The molecule has 1 aromatic rings. The minimum absolute atomic E-state index is 0.425. The van der Waals surface area contributed by atoms with Crippen LogP contribution in [0, 0.1) is 0 Å². The van der Waals surface area contributed by atoms with Crippen LogP contribution in [0.2, 0.25) is 0 Å². The molecule has 2 rings (SSSR count). The highest BCUT2D eigenvalue weighted by molar-refractivity contribution is 5.14. The molecule has 0 saturated heterocycles. The summed E-state index contributed by atoms with van der Waals surface area (Å²) in [6, 6.07) is 12.4. The third kappa shape index (κ3) is 4.14. The van der Waals surface area contributed by atoms with Crippen LogP contribution in [0.3, 0.4) is 0 Å². The van der Waals surface area contributed by atoms with Gasteiger partial charge in [-0.3, -0.25) is 0 Å². The molecule has 0 amide bonds. The first-order chi connectivity index (χ1) is 8.24. The highest BCUT2D eigenvalue weighted by Crippen LogP contribution is 2.18. The molecule has 3 unspecified atom stereocenters. The Morgan fingerprint density at radius 2 is 2.06 bits per heavy atom. The number of hydrogen-bond donors (Lipinski definition) is 2. The maximum absolute atomic E-state index is 5.93. The van der Waals surface area contributed by atoms with Crippen molar-refractivity contribution in [2.24, 2.45) is 5.73 Å². The number of hydrogen-bond acceptors (Lipinski definition) is 2. The largest absolute Gasteiger partial charge is 0.328 e. The van der Waals surface area contributed by atoms with Crippen LogP contribution >= 0.6 is 0 Å². The fourth-order valence-corrected chi connectivity index (χ4v) is 2.68. The number of nitrogens with one attached hydrogen (secondary N) is 1. The Bertz CT molecular complexity index is 323. The Morgan fingerprint density at radius 3 is 2.71 bits per heavy atom. The van der Waals surface area contributed by atoms with Gasteiger partial charge in [0, 0.05) is 18.1 Å². The summed E-state index contributed by atoms with van der Waals surface area (Å²) in [7, 11) is 0. The molecule has 0 spiro atoms. The summed E-state index contributed by atoms with van der Waals surface area (Å²) in [6.07, 6.45) is 5.94. The fourth-order valence-electron chi connectivity index (χ4n) is 2.68. The normalized spacial score (nSPS) is 26.0. The van der Waals surface area contributed by atoms with Crippen LogP contribution in [0.4, 0.5) is 0 Å². The van der Waals surface area contributed by atoms with E-state index in [0.717, 1.165) is 12.8 Å². The first-order valence-corrected chi connectivity index (χ1v) is 6.79. The highest BCUT2D eigenvalue weighted by atomic mass is 15.0. The molecule has 0 aromatic heterocycles. The van der Waals surface area contributed by atoms with Gasteiger partial charge in [0.05, 0.1) is 0 Å². The van der Waals surface area contributed by atoms with Gasteiger partial charge < -0.3 is 11.1 Å². The molecule has 94 valence electrons. The summed E-state index contributed by atoms with van der Waals surface area (Å²) in [5, 5.41) is 3.70. The summed E-state index contributed by atoms with van der Waals surface area (Å²) < 4.78 is 0. The van der Waals surface area contributed by atoms with Crippen LogP contribution in [0.1, 0.15) is 38.2 Å². The zero-order valence-corrected chi connectivity index (χ0v) is 10.7. The molecular formula is C15H24N2. The number of aryl methyl sites for hydroxylation is 1. The third-order valence-corrected chi connectivity index (χ3v) is 3.70. The van der Waals surface area contributed by atoms with Gasteiger partial charge in [-0.1, -0.05) is 30.3 Å². The lowest BCUT2D eigenvalue weighted by molar-refractivity contribution is 0.428. The van der Waals surface area contributed by atoms with Gasteiger partial charge in [0.1, 0.15) is 0 Å². The summed E-state index contributed by atoms with van der Waals surface area (Å²) in [6.45, 7) is 2.28. The molecular weight excluding hydrogens is 208 g/mol. The smallest absolute Gasteiger partial charge is 0.00848 e. The average molecular weight is 232 g/mol. The van der Waals surface area contributed by atoms with Crippen molar-refractivity contribution < 1.29 is 0 Å². The van der Waals surface area contributed by atoms with Crippen molar-refractivity contribution in [1.29, 1.82) is 0 Å². The molecule has 0 aliphatic heterocycles. The van der Waals surface area contributed by atoms with Gasteiger partial charge in [0.25, 0.3) is 0 Å². The second-order valence-corrected chi connectivity index (χ2v) is 5.36. The van der Waals surface area contributed by atoms with Gasteiger partial charge in [0.2, 0.25) is 0 Å². The van der Waals surface area contributed by atoms with E-state index in [1.165, 1.54) is 24.8 Å². The van der Waals surface area contributed by atoms with Crippen LogP contribution in [-0.4, -0.2) is 18.1 Å². The molecule has 3 atom stereocenters. The fraction of sp³-hybridized carbons (Fsp3) is 0.600. The average Bonchev–Trinajstić information content (AvgIpc) is 2.73. The van der Waals surface area contributed by atoms with Crippen molar-refractivity contribution in [2.75, 3.05) is 0 Å². The second-order valence-electron chi connectivity index (χ2n) is 5.36. The number of benzene rings is 1. The monoisotopic (exact) mass is 232 g/mol. The summed E-state index contributed by atoms with van der Waals surface area (Å²) in [5.41, 5.74) is 7.36. The molecule has 1 aliphatic rings. The highest BCUT2D eigenvalue weighted by Gasteiger charge is 2.22. The summed E-state index contributed by atoms with van der Waals surface area (Å²) in [5.74, 6) is 0. The van der Waals surface area contributed by atoms with E-state index >= 15 is 0 Å². The minimum Gasteiger partial charge on any atom is -0.328 e. The van der Waals surface area contributed by atoms with E-state index in [9.17, 15) is 0 Å². The standard InChI is InChI=1S/C15H24N2/c1-12(17-15-10-9-14(16)11-15)7-8-13-5-3-2-4-6-13/h2-6,12,14-15,17H,7-11,16H2,1H3. The predicted molar refractivity (Wildman–Crippen MR) is 73.0 cm³/mol. The number of nitrogens with two attached hydrogens (primary N) is 1. The molecule has 1 saturated carbocycles. The van der Waals surface area contributed by atoms with Crippen molar-refractivity contribution in [3.63, 3.8) is 0 Å². The lowest BCUT2D eigenvalue weighted by Gasteiger charge is -2.19. The van der Waals surface area contributed by atoms with Crippen LogP contribution in [0.15, 0.2) is 30.3 Å². The third-order valence-electron chi connectivity index (χ3n) is 3.70. The Kier molecular flexibility index (Phi) is 4.57. The SMILES string of the molecule is CC(CCc1ccccc1)NC1CCC(N)C1. The van der Waals surface area contributed by atoms with E-state index in [2.05, 4.69) is 42.6 Å². The summed E-state index contributed by atoms with van der Waals surface area (Å²) in [4.78, 5) is 0. The van der Waals surface area contributed by atoms with Crippen LogP contribution in [0.25, 0.3) is 0 Å². The van der Waals surface area contributed by atoms with Gasteiger partial charge in [-0.15, -0.1) is 0 Å². The maximum atomic E-state index is 5.93. The van der Waals surface area contributed by atoms with Gasteiger partial charge in [-0.2, -0.15) is 0 Å². The zero-order valence-electron chi connectivity index (χ0n) is 10.7. The van der Waals surface area contributed by atoms with Crippen LogP contribution < -0.4 is 11.1 Å². The van der Waals surface area contributed by atoms with E-state index in [0.29, 0.717) is 18.1 Å². The van der Waals surface area contributed by atoms with Crippen LogP contribution in [-0.2, 0) is 6.42 Å². The van der Waals surface area contributed by atoms with Gasteiger partial charge in [-0.25, -0.2) is 0 Å². The van der Waals surface area contributed by atoms with Crippen molar-refractivity contribution in [1.82, 2.24) is 5.32 Å². The van der Waals surface area contributed by atoms with Crippen molar-refractivity contribution in [3.8, 4) is 0 Å². The van der Waals surface area contributed by atoms with Crippen molar-refractivity contribution >= 4 is 0 Å². The first kappa shape index (κ1) is 12.6. The van der Waals surface area contributed by atoms with Crippen LogP contribution in [0.5, 0.6) is 0 Å². The molecule has 3 N–H and O–H groups in total. The molecule has 0 radical (unpaired) electrons. The van der Waals surface area contributed by atoms with Gasteiger partial charge in [0.15, 0.2) is 0 Å². The Balaban J connectivity index is 1.69. The molecule has 17 heavy (non-hydrogen) atoms. The van der Waals surface area contributed by atoms with E-state index in [-0.39, 0.29) is 0 Å². The van der Waals surface area contributed by atoms with Crippen molar-refractivity contribution in [3.05, 3.63) is 35.9 Å². The second kappa shape index (κ2) is 6.18. The first-order valence-electron chi connectivity index (χ1n) is 6.79. The van der Waals surface area contributed by atoms with Crippen molar-refractivity contribution in [2.45, 2.75) is 57.2 Å². The Hall–Kier alpha value is -0.860. The Labute approximate surface area is 105 Å². The molecule has 0 heterocycles. The van der Waals surface area contributed by atoms with E-state index in [1.807, 2.05) is 0 Å². The molecule has 1 aliphatic carbocycles. The molecule has 2 nitrogen and oxygen atoms in total. The Morgan fingerprint density at radius 1 is 1.29 bits per heavy atom. The quantitative estimate of drug-likeness (QED) is 0.818. The molecule has 1 fully saturated rings. The predicted octanol–water partition coefficient (Wildman–Crippen LogP) is 2.48.